The molecule has 0 saturated heterocycles. The first-order chi connectivity index (χ1) is 21.4. The standard InChI is InChI=1S/C36H36N2O6/c1-38-12-10-23-17-30(40)35(43-4)36-34(23)28(38)16-21-6-8-31(41-2)26(14-21)25-13-20(5-7-29(25)39)15-27-24-19-33(44-36)32(42-3)18-22(24)9-11-37-27/h5-8,13-14,17-19,28,39-40H,9-12,15-16H2,1-4H3/t28-/m1/s1. The number of fused-ring (bicyclic) bond motifs is 6. The van der Waals surface area contributed by atoms with Gasteiger partial charge < -0.3 is 29.2 Å². The Kier molecular flexibility index (Phi) is 7.09. The zero-order valence-electron chi connectivity index (χ0n) is 25.4. The Morgan fingerprint density at radius 1 is 0.795 bits per heavy atom. The molecule has 6 bridgehead atoms. The van der Waals surface area contributed by atoms with Crippen LogP contribution in [0.15, 0.2) is 59.6 Å². The molecule has 226 valence electrons. The third-order valence-corrected chi connectivity index (χ3v) is 9.16. The molecule has 3 heterocycles. The molecule has 3 aliphatic rings. The summed E-state index contributed by atoms with van der Waals surface area (Å²) in [6, 6.07) is 17.6. The SMILES string of the molecule is COc1cc2c3cc1Oc1c(OC)c(O)cc4c1[C@@H](Cc1ccc(OC)c(c1)-c1cc(ccc1O)CC3=NCC2)N(C)CC4. The van der Waals surface area contributed by atoms with E-state index in [1.54, 1.807) is 33.5 Å². The van der Waals surface area contributed by atoms with Crippen molar-refractivity contribution in [1.82, 2.24) is 4.90 Å². The molecule has 4 aromatic carbocycles. The van der Waals surface area contributed by atoms with Crippen LogP contribution in [-0.2, 0) is 25.7 Å². The molecule has 0 aromatic heterocycles. The van der Waals surface area contributed by atoms with E-state index in [9.17, 15) is 10.2 Å². The number of phenolic OH excluding ortho intramolecular Hbond substituents is 2. The van der Waals surface area contributed by atoms with E-state index in [1.165, 1.54) is 0 Å². The third kappa shape index (κ3) is 4.70. The van der Waals surface area contributed by atoms with E-state index in [1.807, 2.05) is 30.3 Å². The Hall–Kier alpha value is -4.69. The fourth-order valence-corrected chi connectivity index (χ4v) is 6.89. The molecule has 44 heavy (non-hydrogen) atoms. The molecular weight excluding hydrogens is 556 g/mol. The summed E-state index contributed by atoms with van der Waals surface area (Å²) >= 11 is 0. The third-order valence-electron chi connectivity index (χ3n) is 9.16. The van der Waals surface area contributed by atoms with Crippen molar-refractivity contribution < 1.29 is 29.2 Å². The van der Waals surface area contributed by atoms with Crippen LogP contribution in [0.2, 0.25) is 0 Å². The zero-order chi connectivity index (χ0) is 30.5. The number of methoxy groups -OCH3 is 3. The van der Waals surface area contributed by atoms with Crippen LogP contribution in [0.3, 0.4) is 0 Å². The van der Waals surface area contributed by atoms with Gasteiger partial charge in [0.1, 0.15) is 11.5 Å². The van der Waals surface area contributed by atoms with Gasteiger partial charge in [-0.25, -0.2) is 0 Å². The van der Waals surface area contributed by atoms with E-state index in [0.29, 0.717) is 47.9 Å². The van der Waals surface area contributed by atoms with Gasteiger partial charge in [-0.3, -0.25) is 9.89 Å². The van der Waals surface area contributed by atoms with Crippen molar-refractivity contribution in [3.05, 3.63) is 88.0 Å². The summed E-state index contributed by atoms with van der Waals surface area (Å²) < 4.78 is 24.2. The number of likely N-dealkylation sites (N-methyl/N-ethyl adjacent to an activating group) is 1. The number of benzene rings is 4. The van der Waals surface area contributed by atoms with Gasteiger partial charge in [-0.2, -0.15) is 0 Å². The largest absolute Gasteiger partial charge is 0.507 e. The monoisotopic (exact) mass is 592 g/mol. The van der Waals surface area contributed by atoms with Crippen molar-refractivity contribution in [2.75, 3.05) is 41.5 Å². The second-order valence-corrected chi connectivity index (χ2v) is 11.7. The van der Waals surface area contributed by atoms with Crippen LogP contribution in [0.1, 0.15) is 39.4 Å². The summed E-state index contributed by atoms with van der Waals surface area (Å²) in [5.41, 5.74) is 8.69. The lowest BCUT2D eigenvalue weighted by molar-refractivity contribution is 0.221. The number of aliphatic imine (C=N–C) groups is 1. The number of ether oxygens (including phenoxy) is 4. The van der Waals surface area contributed by atoms with Crippen molar-refractivity contribution in [2.45, 2.75) is 31.7 Å². The minimum absolute atomic E-state index is 0.0406. The summed E-state index contributed by atoms with van der Waals surface area (Å²) in [5, 5.41) is 22.2. The first-order valence-corrected chi connectivity index (χ1v) is 14.9. The highest BCUT2D eigenvalue weighted by atomic mass is 16.5. The Morgan fingerprint density at radius 3 is 2.39 bits per heavy atom. The summed E-state index contributed by atoms with van der Waals surface area (Å²) in [6.07, 6.45) is 2.77. The van der Waals surface area contributed by atoms with Crippen molar-refractivity contribution in [3.63, 3.8) is 0 Å². The zero-order valence-corrected chi connectivity index (χ0v) is 25.4. The summed E-state index contributed by atoms with van der Waals surface area (Å²) in [7, 11) is 6.95. The number of hydrogen-bond donors (Lipinski definition) is 2. The van der Waals surface area contributed by atoms with E-state index in [0.717, 1.165) is 64.0 Å². The summed E-state index contributed by atoms with van der Waals surface area (Å²) in [6.45, 7) is 1.49. The van der Waals surface area contributed by atoms with Gasteiger partial charge in [0.25, 0.3) is 0 Å². The van der Waals surface area contributed by atoms with Crippen LogP contribution >= 0.6 is 0 Å². The molecule has 8 nitrogen and oxygen atoms in total. The van der Waals surface area contributed by atoms with Gasteiger partial charge in [-0.15, -0.1) is 0 Å². The van der Waals surface area contributed by atoms with Crippen LogP contribution in [-0.4, -0.2) is 62.3 Å². The number of hydrogen-bond acceptors (Lipinski definition) is 8. The van der Waals surface area contributed by atoms with Crippen molar-refractivity contribution in [3.8, 4) is 51.4 Å². The van der Waals surface area contributed by atoms with Gasteiger partial charge in [0.05, 0.1) is 21.3 Å². The molecule has 3 aliphatic heterocycles. The Morgan fingerprint density at radius 2 is 1.59 bits per heavy atom. The molecule has 0 saturated carbocycles. The lowest BCUT2D eigenvalue weighted by atomic mass is 9.86. The fourth-order valence-electron chi connectivity index (χ4n) is 6.89. The smallest absolute Gasteiger partial charge is 0.204 e. The highest BCUT2D eigenvalue weighted by Gasteiger charge is 2.34. The number of phenols is 2. The van der Waals surface area contributed by atoms with Crippen molar-refractivity contribution >= 4 is 5.71 Å². The van der Waals surface area contributed by atoms with Crippen LogP contribution in [0.5, 0.6) is 40.2 Å². The van der Waals surface area contributed by atoms with Gasteiger partial charge in [0.15, 0.2) is 23.0 Å². The second-order valence-electron chi connectivity index (χ2n) is 11.7. The van der Waals surface area contributed by atoms with E-state index >= 15 is 0 Å². The molecule has 8 heteroatoms. The predicted molar refractivity (Wildman–Crippen MR) is 169 cm³/mol. The molecule has 2 N–H and O–H groups in total. The number of rotatable bonds is 3. The topological polar surface area (TPSA) is 93.0 Å². The average Bonchev–Trinajstić information content (AvgIpc) is 3.03. The minimum atomic E-state index is -0.0851. The van der Waals surface area contributed by atoms with Gasteiger partial charge in [0.2, 0.25) is 5.75 Å². The molecule has 0 spiro atoms. The van der Waals surface area contributed by atoms with E-state index in [-0.39, 0.29) is 23.3 Å². The van der Waals surface area contributed by atoms with Crippen molar-refractivity contribution in [1.29, 1.82) is 0 Å². The second kappa shape index (κ2) is 11.1. The van der Waals surface area contributed by atoms with E-state index < -0.39 is 0 Å². The van der Waals surface area contributed by atoms with Crippen LogP contribution in [0, 0.1) is 0 Å². The lowest BCUT2D eigenvalue weighted by Gasteiger charge is -2.36. The highest BCUT2D eigenvalue weighted by Crippen LogP contribution is 2.51. The molecule has 0 amide bonds. The fraction of sp³-hybridized carbons (Fsp3) is 0.306. The van der Waals surface area contributed by atoms with Crippen LogP contribution in [0.25, 0.3) is 11.1 Å². The maximum absolute atomic E-state index is 11.1. The van der Waals surface area contributed by atoms with Crippen LogP contribution < -0.4 is 18.9 Å². The van der Waals surface area contributed by atoms with Gasteiger partial charge >= 0.3 is 0 Å². The van der Waals surface area contributed by atoms with Gasteiger partial charge in [-0.05, 0) is 91.0 Å². The molecule has 0 unspecified atom stereocenters. The van der Waals surface area contributed by atoms with Crippen molar-refractivity contribution in [2.24, 2.45) is 4.99 Å². The average molecular weight is 593 g/mol. The minimum Gasteiger partial charge on any atom is -0.507 e. The normalized spacial score (nSPS) is 17.2. The molecule has 4 aromatic rings. The van der Waals surface area contributed by atoms with Crippen LogP contribution in [0.4, 0.5) is 0 Å². The Bertz CT molecular complexity index is 1810. The Labute approximate surface area is 257 Å². The first-order valence-electron chi connectivity index (χ1n) is 14.9. The molecule has 0 radical (unpaired) electrons. The summed E-state index contributed by atoms with van der Waals surface area (Å²) in [5.74, 6) is 2.83. The highest BCUT2D eigenvalue weighted by molar-refractivity contribution is 6.04. The molecule has 1 atom stereocenters. The molecule has 0 fully saturated rings. The molecular formula is C36H36N2O6. The number of aromatic hydroxyl groups is 2. The molecule has 7 rings (SSSR count). The van der Waals surface area contributed by atoms with Gasteiger partial charge in [0, 0.05) is 53.5 Å². The predicted octanol–water partition coefficient (Wildman–Crippen LogP) is 6.26. The number of nitrogens with zero attached hydrogens (tertiary/aromatic N) is 2. The summed E-state index contributed by atoms with van der Waals surface area (Å²) in [4.78, 5) is 7.25. The maximum atomic E-state index is 11.1. The maximum Gasteiger partial charge on any atom is 0.204 e. The Balaban J connectivity index is 1.52. The van der Waals surface area contributed by atoms with E-state index in [2.05, 4.69) is 24.1 Å². The quantitative estimate of drug-likeness (QED) is 0.290. The molecule has 0 aliphatic carbocycles. The van der Waals surface area contributed by atoms with E-state index in [4.69, 9.17) is 23.9 Å². The lowest BCUT2D eigenvalue weighted by Crippen LogP contribution is -2.34. The first kappa shape index (κ1) is 28.1. The van der Waals surface area contributed by atoms with Gasteiger partial charge in [-0.1, -0.05) is 12.1 Å².